The molecule has 4 nitrogen and oxygen atoms in total. The zero-order valence-electron chi connectivity index (χ0n) is 12.0. The van der Waals surface area contributed by atoms with Gasteiger partial charge >= 0.3 is 0 Å². The number of hydrogen-bond donors (Lipinski definition) is 0. The Morgan fingerprint density at radius 1 is 0.870 bits per heavy atom. The van der Waals surface area contributed by atoms with Crippen molar-refractivity contribution in [3.05, 3.63) is 77.2 Å². The van der Waals surface area contributed by atoms with Gasteiger partial charge in [-0.2, -0.15) is 10.1 Å². The summed E-state index contributed by atoms with van der Waals surface area (Å²) < 4.78 is 1.74. The maximum atomic E-state index is 4.81. The van der Waals surface area contributed by atoms with Crippen LogP contribution in [0.4, 0.5) is 5.82 Å². The molecule has 4 heterocycles. The molecule has 0 saturated carbocycles. The van der Waals surface area contributed by atoms with Gasteiger partial charge in [-0.15, -0.1) is 22.7 Å². The van der Waals surface area contributed by atoms with Crippen LogP contribution in [0.3, 0.4) is 0 Å². The van der Waals surface area contributed by atoms with E-state index >= 15 is 0 Å². The highest BCUT2D eigenvalue weighted by Gasteiger charge is 2.09. The first-order chi connectivity index (χ1) is 11.4. The zero-order chi connectivity index (χ0) is 15.5. The maximum absolute atomic E-state index is 4.81. The van der Waals surface area contributed by atoms with Crippen molar-refractivity contribution in [2.24, 2.45) is 0 Å². The molecular weight excluding hydrogens is 324 g/mol. The molecule has 0 aliphatic carbocycles. The second-order valence-electron chi connectivity index (χ2n) is 4.74. The molecule has 6 heteroatoms. The number of pyridine rings is 1. The Morgan fingerprint density at radius 3 is 2.30 bits per heavy atom. The molecule has 4 rings (SSSR count). The average molecular weight is 336 g/mol. The van der Waals surface area contributed by atoms with Crippen LogP contribution < -0.4 is 4.68 Å². The molecule has 0 aliphatic rings. The van der Waals surface area contributed by atoms with Gasteiger partial charge in [-0.1, -0.05) is 24.4 Å². The standard InChI is InChI=1S/C17H12N4S2/c1-2-8-21(9-3-1)20-17-16(15-7-5-11-23-15)19-13(12-18-17)14-6-4-10-22-14/h1-12H. The van der Waals surface area contributed by atoms with Gasteiger partial charge in [0.1, 0.15) is 0 Å². The van der Waals surface area contributed by atoms with Gasteiger partial charge in [-0.05, 0) is 22.9 Å². The summed E-state index contributed by atoms with van der Waals surface area (Å²) in [6.45, 7) is 0. The van der Waals surface area contributed by atoms with E-state index in [0.29, 0.717) is 5.82 Å². The lowest BCUT2D eigenvalue weighted by atomic mass is 10.3. The molecule has 0 atom stereocenters. The second kappa shape index (κ2) is 6.28. The minimum Gasteiger partial charge on any atom is -0.435 e. The Kier molecular flexibility index (Phi) is 3.83. The van der Waals surface area contributed by atoms with E-state index in [2.05, 4.69) is 16.5 Å². The highest BCUT2D eigenvalue weighted by molar-refractivity contribution is 7.14. The SMILES string of the molecule is c1cc[n+]([N-]c2ncc(-c3cccs3)nc2-c2cccs2)cc1. The Balaban J connectivity index is 1.79. The van der Waals surface area contributed by atoms with E-state index in [1.807, 2.05) is 59.6 Å². The minimum atomic E-state index is 0.615. The average Bonchev–Trinajstić information content (AvgIpc) is 3.30. The van der Waals surface area contributed by atoms with Crippen molar-refractivity contribution in [3.63, 3.8) is 0 Å². The quantitative estimate of drug-likeness (QED) is 0.507. The van der Waals surface area contributed by atoms with Gasteiger partial charge in [-0.3, -0.25) is 0 Å². The number of hydrogen-bond acceptors (Lipinski definition) is 4. The molecule has 0 fully saturated rings. The number of nitrogens with zero attached hydrogens (tertiary/aromatic N) is 4. The smallest absolute Gasteiger partial charge is 0.182 e. The summed E-state index contributed by atoms with van der Waals surface area (Å²) >= 11 is 3.30. The summed E-state index contributed by atoms with van der Waals surface area (Å²) in [6.07, 6.45) is 5.55. The lowest BCUT2D eigenvalue weighted by Crippen LogP contribution is -2.26. The summed E-state index contributed by atoms with van der Waals surface area (Å²) in [5.74, 6) is 0.615. The van der Waals surface area contributed by atoms with Crippen LogP contribution in [-0.2, 0) is 0 Å². The van der Waals surface area contributed by atoms with Gasteiger partial charge in [0.15, 0.2) is 12.4 Å². The van der Waals surface area contributed by atoms with Gasteiger partial charge in [0.2, 0.25) is 0 Å². The lowest BCUT2D eigenvalue weighted by molar-refractivity contribution is -0.619. The fourth-order valence-corrected chi connectivity index (χ4v) is 3.53. The normalized spacial score (nSPS) is 10.6. The van der Waals surface area contributed by atoms with Gasteiger partial charge in [-0.25, -0.2) is 4.98 Å². The van der Waals surface area contributed by atoms with E-state index in [9.17, 15) is 0 Å². The zero-order valence-corrected chi connectivity index (χ0v) is 13.7. The van der Waals surface area contributed by atoms with Gasteiger partial charge in [0.25, 0.3) is 0 Å². The molecule has 0 aliphatic heterocycles. The Hall–Kier alpha value is -2.57. The third-order valence-electron chi connectivity index (χ3n) is 3.19. The van der Waals surface area contributed by atoms with E-state index in [4.69, 9.17) is 4.98 Å². The van der Waals surface area contributed by atoms with Crippen molar-refractivity contribution < 1.29 is 4.68 Å². The fraction of sp³-hybridized carbons (Fsp3) is 0. The van der Waals surface area contributed by atoms with Crippen LogP contribution in [0.1, 0.15) is 0 Å². The van der Waals surface area contributed by atoms with Crippen LogP contribution in [0.2, 0.25) is 0 Å². The van der Waals surface area contributed by atoms with E-state index in [1.54, 1.807) is 33.5 Å². The van der Waals surface area contributed by atoms with Crippen molar-refractivity contribution in [3.8, 4) is 21.1 Å². The predicted molar refractivity (Wildman–Crippen MR) is 93.7 cm³/mol. The molecule has 4 aromatic heterocycles. The Morgan fingerprint density at radius 2 is 1.61 bits per heavy atom. The van der Waals surface area contributed by atoms with Crippen LogP contribution in [0, 0.1) is 0 Å². The molecule has 112 valence electrons. The summed E-state index contributed by atoms with van der Waals surface area (Å²) in [7, 11) is 0. The molecule has 0 saturated heterocycles. The Labute approximate surface area is 141 Å². The van der Waals surface area contributed by atoms with Gasteiger partial charge < -0.3 is 4.98 Å². The molecule has 0 unspecified atom stereocenters. The molecule has 23 heavy (non-hydrogen) atoms. The van der Waals surface area contributed by atoms with Crippen molar-refractivity contribution in [2.75, 3.05) is 0 Å². The highest BCUT2D eigenvalue weighted by Crippen LogP contribution is 2.34. The van der Waals surface area contributed by atoms with E-state index in [1.165, 1.54) is 0 Å². The summed E-state index contributed by atoms with van der Waals surface area (Å²) in [4.78, 5) is 11.5. The van der Waals surface area contributed by atoms with Crippen molar-refractivity contribution in [1.82, 2.24) is 9.97 Å². The van der Waals surface area contributed by atoms with Crippen LogP contribution in [0.15, 0.2) is 71.8 Å². The third kappa shape index (κ3) is 2.99. The number of thiophene rings is 2. The molecule has 0 radical (unpaired) electrons. The number of aromatic nitrogens is 3. The molecule has 4 aromatic rings. The lowest BCUT2D eigenvalue weighted by Gasteiger charge is -2.14. The molecule has 0 aromatic carbocycles. The summed E-state index contributed by atoms with van der Waals surface area (Å²) in [5.41, 5.74) is 6.26. The van der Waals surface area contributed by atoms with E-state index in [-0.39, 0.29) is 0 Å². The van der Waals surface area contributed by atoms with Gasteiger partial charge in [0.05, 0.1) is 21.1 Å². The van der Waals surface area contributed by atoms with Crippen molar-refractivity contribution >= 4 is 28.5 Å². The monoisotopic (exact) mass is 336 g/mol. The number of rotatable bonds is 4. The van der Waals surface area contributed by atoms with Crippen molar-refractivity contribution in [2.45, 2.75) is 0 Å². The van der Waals surface area contributed by atoms with Crippen LogP contribution in [0.5, 0.6) is 0 Å². The topological polar surface area (TPSA) is 43.8 Å². The van der Waals surface area contributed by atoms with Crippen LogP contribution in [-0.4, -0.2) is 9.97 Å². The molecule has 0 amide bonds. The van der Waals surface area contributed by atoms with Crippen LogP contribution in [0.25, 0.3) is 26.6 Å². The third-order valence-corrected chi connectivity index (χ3v) is 4.96. The van der Waals surface area contributed by atoms with Crippen LogP contribution >= 0.6 is 22.7 Å². The summed E-state index contributed by atoms with van der Waals surface area (Å²) in [5, 5.41) is 4.08. The Bertz CT molecular complexity index is 888. The van der Waals surface area contributed by atoms with E-state index in [0.717, 1.165) is 21.1 Å². The van der Waals surface area contributed by atoms with Gasteiger partial charge in [0, 0.05) is 18.0 Å². The molecule has 0 bridgehead atoms. The first kappa shape index (κ1) is 14.0. The fourth-order valence-electron chi connectivity index (χ4n) is 2.14. The minimum absolute atomic E-state index is 0.615. The van der Waals surface area contributed by atoms with Crippen molar-refractivity contribution in [1.29, 1.82) is 0 Å². The van der Waals surface area contributed by atoms with E-state index < -0.39 is 0 Å². The predicted octanol–water partition coefficient (Wildman–Crippen LogP) is 4.69. The molecule has 0 spiro atoms. The summed E-state index contributed by atoms with van der Waals surface area (Å²) in [6, 6.07) is 13.9. The molecular formula is C17H12N4S2. The molecule has 0 N–H and O–H groups in total. The maximum Gasteiger partial charge on any atom is 0.182 e. The highest BCUT2D eigenvalue weighted by atomic mass is 32.1. The second-order valence-corrected chi connectivity index (χ2v) is 6.63. The first-order valence-electron chi connectivity index (χ1n) is 7.03. The first-order valence-corrected chi connectivity index (χ1v) is 8.79. The largest absolute Gasteiger partial charge is 0.435 e.